The molecule has 0 fully saturated rings. The molecule has 0 saturated carbocycles. The van der Waals surface area contributed by atoms with Crippen LogP contribution in [-0.4, -0.2) is 35.9 Å². The number of aliphatic hydroxyl groups is 1. The quantitative estimate of drug-likeness (QED) is 0.0883. The van der Waals surface area contributed by atoms with Crippen molar-refractivity contribution in [2.45, 2.75) is 173 Å². The Kier molecular flexibility index (Phi) is 40.2. The van der Waals surface area contributed by atoms with E-state index in [1.54, 1.807) is 0 Å². The molecule has 0 spiro atoms. The van der Waals surface area contributed by atoms with Crippen molar-refractivity contribution in [2.75, 3.05) is 18.0 Å². The number of Topliss-reactive ketones (excluding diaryl/α,β-unsaturated/α-hetero) is 2. The second-order valence-electron chi connectivity index (χ2n) is 11.9. The number of hydrogen-bond acceptors (Lipinski definition) is 4. The molecule has 4 nitrogen and oxygen atoms in total. The predicted molar refractivity (Wildman–Crippen MR) is 203 cm³/mol. The van der Waals surface area contributed by atoms with Crippen LogP contribution in [0.3, 0.4) is 0 Å². The minimum atomic E-state index is -0.508. The molecule has 0 bridgehead atoms. The van der Waals surface area contributed by atoms with Crippen LogP contribution in [-0.2, 0) is 9.59 Å². The maximum absolute atomic E-state index is 11.3. The molecule has 268 valence electrons. The Morgan fingerprint density at radius 1 is 0.957 bits per heavy atom. The van der Waals surface area contributed by atoms with Crippen molar-refractivity contribution in [3.8, 4) is 0 Å². The van der Waals surface area contributed by atoms with Gasteiger partial charge in [-0.05, 0) is 80.3 Å². The second kappa shape index (κ2) is 36.0. The van der Waals surface area contributed by atoms with E-state index in [9.17, 15) is 14.7 Å². The van der Waals surface area contributed by atoms with E-state index >= 15 is 0 Å². The van der Waals surface area contributed by atoms with E-state index in [2.05, 4.69) is 83.7 Å². The van der Waals surface area contributed by atoms with Gasteiger partial charge in [0.2, 0.25) is 0 Å². The van der Waals surface area contributed by atoms with E-state index in [4.69, 9.17) is 0 Å². The molecule has 2 unspecified atom stereocenters. The van der Waals surface area contributed by atoms with Gasteiger partial charge in [0, 0.05) is 18.8 Å². The minimum Gasteiger partial charge on any atom is -0.409 e. The molecule has 0 aliphatic heterocycles. The zero-order valence-corrected chi connectivity index (χ0v) is 35.4. The van der Waals surface area contributed by atoms with Crippen molar-refractivity contribution in [3.63, 3.8) is 0 Å². The normalized spacial score (nSPS) is 14.0. The van der Waals surface area contributed by atoms with Gasteiger partial charge in [-0.25, -0.2) is 0 Å². The Labute approximate surface area is 315 Å². The fourth-order valence-corrected chi connectivity index (χ4v) is 4.69. The number of rotatable bonds is 15. The van der Waals surface area contributed by atoms with Gasteiger partial charge in [-0.2, -0.15) is 0 Å². The number of benzene rings is 1. The van der Waals surface area contributed by atoms with Crippen LogP contribution in [0.5, 0.6) is 0 Å². The second-order valence-corrected chi connectivity index (χ2v) is 11.9. The summed E-state index contributed by atoms with van der Waals surface area (Å²) in [4.78, 5) is 24.1. The maximum Gasteiger partial charge on any atom is 1.00 e. The summed E-state index contributed by atoms with van der Waals surface area (Å²) in [5.41, 5.74) is 5.70. The van der Waals surface area contributed by atoms with Gasteiger partial charge in [0.1, 0.15) is 0 Å². The molecule has 1 aromatic carbocycles. The van der Waals surface area contributed by atoms with Gasteiger partial charge in [-0.15, -0.1) is 12.8 Å². The number of nitrogens with zero attached hydrogens (tertiary/aromatic N) is 1. The Balaban J connectivity index is -0.000000268. The van der Waals surface area contributed by atoms with Gasteiger partial charge in [0.05, 0.1) is 0 Å². The predicted octanol–water partition coefficient (Wildman–Crippen LogP) is 8.75. The summed E-state index contributed by atoms with van der Waals surface area (Å²) >= 11 is 0. The summed E-state index contributed by atoms with van der Waals surface area (Å²) in [6, 6.07) is 6.60. The fourth-order valence-electron chi connectivity index (χ4n) is 4.69. The van der Waals surface area contributed by atoms with Crippen LogP contribution in [0.4, 0.5) is 5.69 Å². The average Bonchev–Trinajstić information content (AvgIpc) is 3.04. The summed E-state index contributed by atoms with van der Waals surface area (Å²) < 4.78 is 0. The molecule has 0 radical (unpaired) electrons. The first-order valence-electron chi connectivity index (χ1n) is 18.5. The Hall–Kier alpha value is -1.33. The molecular weight excluding hydrogens is 589 g/mol. The van der Waals surface area contributed by atoms with Crippen LogP contribution in [0.1, 0.15) is 164 Å². The summed E-state index contributed by atoms with van der Waals surface area (Å²) in [5, 5.41) is 9.39. The van der Waals surface area contributed by atoms with Crippen molar-refractivity contribution in [1.82, 2.24) is 0 Å². The summed E-state index contributed by atoms with van der Waals surface area (Å²) in [5.74, 6) is 0.214. The van der Waals surface area contributed by atoms with Crippen LogP contribution in [0.15, 0.2) is 29.3 Å². The van der Waals surface area contributed by atoms with Crippen LogP contribution in [0, 0.1) is 38.8 Å². The monoisotopic (exact) mass is 664 g/mol. The van der Waals surface area contributed by atoms with Gasteiger partial charge in [0.15, 0.2) is 0 Å². The van der Waals surface area contributed by atoms with Gasteiger partial charge in [0.25, 0.3) is 0 Å². The van der Waals surface area contributed by atoms with Crippen LogP contribution < -0.4 is 34.5 Å². The molecule has 47 heavy (non-hydrogen) atoms. The van der Waals surface area contributed by atoms with E-state index in [0.29, 0.717) is 5.57 Å². The number of unbranched alkanes of at least 4 members (excludes halogenated alkanes) is 5. The number of aliphatic hydroxyl groups excluding tert-OH is 1. The summed E-state index contributed by atoms with van der Waals surface area (Å²) in [7, 11) is 0. The first-order valence-corrected chi connectivity index (χ1v) is 18.5. The zero-order chi connectivity index (χ0) is 35.9. The molecule has 0 amide bonds. The van der Waals surface area contributed by atoms with Crippen molar-refractivity contribution >= 4 is 17.3 Å². The van der Waals surface area contributed by atoms with E-state index in [0.717, 1.165) is 50.8 Å². The van der Waals surface area contributed by atoms with E-state index in [1.807, 2.05) is 34.6 Å². The molecule has 0 heterocycles. The molecule has 0 saturated heterocycles. The molecule has 1 aliphatic rings. The third-order valence-corrected chi connectivity index (χ3v) is 7.78. The summed E-state index contributed by atoms with van der Waals surface area (Å²) in [6.07, 6.45) is 20.5. The molecule has 1 N–H and O–H groups in total. The fraction of sp³-hybridized carbons (Fsp3) is 0.690. The first kappa shape index (κ1) is 52.5. The molecule has 2 rings (SSSR count). The standard InChI is InChI=1S/C14H23N.C12H16O2.C8H18.C6H11O.C2H6.Na/c1-5-10-15(11-6-2)14-9-7-8-12(3)13(14)4;1-3-5-12(9(2)13)10-6-4-7-11(14)8-10;1-3-5-7-8-6-4-2;1-4-5(2)6(3)7;1-2;/h7-9H,5-6,10-11H2,1-4H3;11,14H,3-4,6-7H2,1-2H3;3-8H2,1-2H3;5H,3-4H2,1-2H3;1-2H3;/q;-2;;-1;;+1. The number of aryl methyl sites for hydroxylation is 1. The van der Waals surface area contributed by atoms with Crippen LogP contribution in [0.25, 0.3) is 0 Å². The SMILES string of the molecule is CC.CCCCCCCC.CCCN(CCC)c1cccc(C)c1C.CC[C-]=C(C(C)=O)C1=[C-]C(O)CCC1.[CH2-]C(=O)C(C)CC.[Na+]. The number of hydrogen-bond donors (Lipinski definition) is 1. The largest absolute Gasteiger partial charge is 1.00 e. The smallest absolute Gasteiger partial charge is 0.409 e. The number of ketones is 2. The molecule has 1 aliphatic carbocycles. The van der Waals surface area contributed by atoms with Crippen molar-refractivity contribution in [3.05, 3.63) is 59.5 Å². The van der Waals surface area contributed by atoms with E-state index < -0.39 is 6.10 Å². The van der Waals surface area contributed by atoms with Crippen molar-refractivity contribution in [2.24, 2.45) is 5.92 Å². The Morgan fingerprint density at radius 3 is 1.85 bits per heavy atom. The molecule has 1 aromatic rings. The first-order chi connectivity index (χ1) is 21.9. The van der Waals surface area contributed by atoms with Crippen molar-refractivity contribution < 1.29 is 44.3 Å². The molecule has 5 heteroatoms. The zero-order valence-electron chi connectivity index (χ0n) is 33.4. The van der Waals surface area contributed by atoms with Gasteiger partial charge >= 0.3 is 29.6 Å². The molecular formula is C42H74NNaO3-2. The van der Waals surface area contributed by atoms with Gasteiger partial charge in [-0.3, -0.25) is 6.08 Å². The van der Waals surface area contributed by atoms with E-state index in [1.165, 1.54) is 75.1 Å². The third-order valence-electron chi connectivity index (χ3n) is 7.78. The number of carbonyl (C=O) groups excluding carboxylic acids is 2. The number of carbonyl (C=O) groups is 2. The van der Waals surface area contributed by atoms with Crippen LogP contribution >= 0.6 is 0 Å². The summed E-state index contributed by atoms with van der Waals surface area (Å²) in [6.45, 7) is 30.4. The Morgan fingerprint density at radius 2 is 1.49 bits per heavy atom. The third kappa shape index (κ3) is 27.2. The van der Waals surface area contributed by atoms with Crippen LogP contribution in [0.2, 0.25) is 0 Å². The van der Waals surface area contributed by atoms with E-state index in [-0.39, 0.29) is 47.0 Å². The number of allylic oxidation sites excluding steroid dienone is 3. The average molecular weight is 664 g/mol. The van der Waals surface area contributed by atoms with Gasteiger partial charge < -0.3 is 43.7 Å². The molecule has 2 atom stereocenters. The van der Waals surface area contributed by atoms with Crippen molar-refractivity contribution in [1.29, 1.82) is 0 Å². The van der Waals surface area contributed by atoms with Gasteiger partial charge in [-0.1, -0.05) is 126 Å². The topological polar surface area (TPSA) is 57.6 Å². The Bertz CT molecular complexity index is 941. The number of anilines is 1. The molecule has 0 aromatic heterocycles. The minimum absolute atomic E-state index is 0. The maximum atomic E-state index is 11.3.